The molecule has 0 spiro atoms. The van der Waals surface area contributed by atoms with E-state index in [1.807, 2.05) is 10.6 Å². The number of thiophene rings is 1. The summed E-state index contributed by atoms with van der Waals surface area (Å²) in [4.78, 5) is 6.93. The molecule has 0 radical (unpaired) electrons. The highest BCUT2D eigenvalue weighted by atomic mass is 32.1. The fourth-order valence-electron chi connectivity index (χ4n) is 1.67. The highest BCUT2D eigenvalue weighted by Gasteiger charge is 2.06. The highest BCUT2D eigenvalue weighted by molar-refractivity contribution is 7.15. The van der Waals surface area contributed by atoms with Gasteiger partial charge in [0, 0.05) is 11.1 Å². The summed E-state index contributed by atoms with van der Waals surface area (Å²) in [6.07, 6.45) is 3.59. The lowest BCUT2D eigenvalue weighted by Gasteiger charge is -1.92. The molecule has 0 aliphatic carbocycles. The zero-order chi connectivity index (χ0) is 11.1. The average molecular weight is 230 g/mol. The molecular formula is C12H10N2OS. The van der Waals surface area contributed by atoms with E-state index in [2.05, 4.69) is 24.0 Å². The molecule has 3 nitrogen and oxygen atoms in total. The number of nitrogens with zero attached hydrogens (tertiary/aromatic N) is 2. The van der Waals surface area contributed by atoms with E-state index < -0.39 is 0 Å². The van der Waals surface area contributed by atoms with E-state index in [1.165, 1.54) is 4.88 Å². The van der Waals surface area contributed by atoms with Crippen LogP contribution < -0.4 is 0 Å². The van der Waals surface area contributed by atoms with Gasteiger partial charge in [0.2, 0.25) is 0 Å². The van der Waals surface area contributed by atoms with E-state index in [0.29, 0.717) is 0 Å². The van der Waals surface area contributed by atoms with Gasteiger partial charge in [-0.1, -0.05) is 0 Å². The van der Waals surface area contributed by atoms with E-state index in [-0.39, 0.29) is 5.75 Å². The Morgan fingerprint density at radius 2 is 2.06 bits per heavy atom. The lowest BCUT2D eigenvalue weighted by atomic mass is 10.4. The number of imidazole rings is 1. The number of aromatic hydroxyl groups is 1. The standard InChI is InChI=1S/C12H10N2OS/c1-8-2-4-11(16-8)10-7-14-6-9(15)3-5-12(14)13-10/h2-7,15H,1H3. The predicted octanol–water partition coefficient (Wildman–Crippen LogP) is 3.08. The first-order valence-electron chi connectivity index (χ1n) is 4.97. The van der Waals surface area contributed by atoms with Crippen LogP contribution in [0.15, 0.2) is 36.7 Å². The number of fused-ring (bicyclic) bond motifs is 1. The molecule has 0 atom stereocenters. The molecule has 0 aliphatic heterocycles. The number of aromatic nitrogens is 2. The number of aryl methyl sites for hydroxylation is 1. The Labute approximate surface area is 96.6 Å². The van der Waals surface area contributed by atoms with Gasteiger partial charge in [-0.05, 0) is 31.2 Å². The first kappa shape index (κ1) is 9.42. The Morgan fingerprint density at radius 1 is 1.19 bits per heavy atom. The zero-order valence-electron chi connectivity index (χ0n) is 8.71. The van der Waals surface area contributed by atoms with Crippen molar-refractivity contribution in [1.82, 2.24) is 9.38 Å². The summed E-state index contributed by atoms with van der Waals surface area (Å²) in [6.45, 7) is 2.08. The Morgan fingerprint density at radius 3 is 2.81 bits per heavy atom. The molecule has 80 valence electrons. The van der Waals surface area contributed by atoms with Crippen molar-refractivity contribution in [1.29, 1.82) is 0 Å². The van der Waals surface area contributed by atoms with Gasteiger partial charge in [0.15, 0.2) is 0 Å². The minimum atomic E-state index is 0.249. The molecule has 1 N–H and O–H groups in total. The number of pyridine rings is 1. The molecule has 0 aliphatic rings. The number of hydrogen-bond acceptors (Lipinski definition) is 3. The van der Waals surface area contributed by atoms with E-state index in [9.17, 15) is 5.11 Å². The molecule has 4 heteroatoms. The first-order chi connectivity index (χ1) is 7.72. The van der Waals surface area contributed by atoms with E-state index in [1.54, 1.807) is 29.7 Å². The van der Waals surface area contributed by atoms with Crippen molar-refractivity contribution >= 4 is 17.0 Å². The van der Waals surface area contributed by atoms with Crippen molar-refractivity contribution in [3.05, 3.63) is 41.5 Å². The molecule has 0 saturated carbocycles. The maximum Gasteiger partial charge on any atom is 0.137 e. The summed E-state index contributed by atoms with van der Waals surface area (Å²) in [6, 6.07) is 7.61. The van der Waals surface area contributed by atoms with Gasteiger partial charge < -0.3 is 9.51 Å². The zero-order valence-corrected chi connectivity index (χ0v) is 9.53. The van der Waals surface area contributed by atoms with Crippen LogP contribution in [0.4, 0.5) is 0 Å². The van der Waals surface area contributed by atoms with Gasteiger partial charge in [-0.15, -0.1) is 11.3 Å². The summed E-state index contributed by atoms with van der Waals surface area (Å²) < 4.78 is 1.83. The maximum atomic E-state index is 9.37. The quantitative estimate of drug-likeness (QED) is 0.697. The topological polar surface area (TPSA) is 37.5 Å². The predicted molar refractivity (Wildman–Crippen MR) is 64.9 cm³/mol. The van der Waals surface area contributed by atoms with Gasteiger partial charge in [0.05, 0.1) is 16.8 Å². The van der Waals surface area contributed by atoms with Crippen molar-refractivity contribution in [2.24, 2.45) is 0 Å². The molecule has 0 fully saturated rings. The molecule has 0 aromatic carbocycles. The van der Waals surface area contributed by atoms with Gasteiger partial charge in [-0.2, -0.15) is 0 Å². The van der Waals surface area contributed by atoms with Crippen molar-refractivity contribution in [3.8, 4) is 16.3 Å². The molecular weight excluding hydrogens is 220 g/mol. The third kappa shape index (κ3) is 1.47. The van der Waals surface area contributed by atoms with Gasteiger partial charge >= 0.3 is 0 Å². The molecule has 0 unspecified atom stereocenters. The second-order valence-corrected chi connectivity index (χ2v) is 4.98. The Kier molecular flexibility index (Phi) is 1.97. The summed E-state index contributed by atoms with van der Waals surface area (Å²) in [5.74, 6) is 0.249. The minimum Gasteiger partial charge on any atom is -0.506 e. The van der Waals surface area contributed by atoms with Crippen molar-refractivity contribution < 1.29 is 5.11 Å². The molecule has 0 bridgehead atoms. The average Bonchev–Trinajstić information content (AvgIpc) is 2.83. The molecule has 0 amide bonds. The maximum absolute atomic E-state index is 9.37. The normalized spacial score (nSPS) is 11.1. The first-order valence-corrected chi connectivity index (χ1v) is 5.78. The summed E-state index contributed by atoms with van der Waals surface area (Å²) >= 11 is 1.72. The van der Waals surface area contributed by atoms with Gasteiger partial charge in [-0.3, -0.25) is 0 Å². The number of rotatable bonds is 1. The van der Waals surface area contributed by atoms with Gasteiger partial charge in [0.25, 0.3) is 0 Å². The molecule has 3 heterocycles. The minimum absolute atomic E-state index is 0.249. The van der Waals surface area contributed by atoms with E-state index in [0.717, 1.165) is 16.2 Å². The van der Waals surface area contributed by atoms with E-state index in [4.69, 9.17) is 0 Å². The second-order valence-electron chi connectivity index (χ2n) is 3.69. The summed E-state index contributed by atoms with van der Waals surface area (Å²) in [5.41, 5.74) is 1.79. The van der Waals surface area contributed by atoms with Crippen LogP contribution in [0.1, 0.15) is 4.88 Å². The lowest BCUT2D eigenvalue weighted by Crippen LogP contribution is -1.79. The molecule has 3 aromatic rings. The van der Waals surface area contributed by atoms with Crippen LogP contribution in [0.25, 0.3) is 16.2 Å². The van der Waals surface area contributed by atoms with Crippen LogP contribution in [0.5, 0.6) is 5.75 Å². The van der Waals surface area contributed by atoms with Crippen molar-refractivity contribution in [2.45, 2.75) is 6.92 Å². The van der Waals surface area contributed by atoms with Crippen molar-refractivity contribution in [3.63, 3.8) is 0 Å². The molecule has 0 saturated heterocycles. The third-order valence-electron chi connectivity index (χ3n) is 2.43. The Hall–Kier alpha value is -1.81. The lowest BCUT2D eigenvalue weighted by molar-refractivity contribution is 0.472. The van der Waals surface area contributed by atoms with Crippen LogP contribution in [0.2, 0.25) is 0 Å². The number of hydrogen-bond donors (Lipinski definition) is 1. The van der Waals surface area contributed by atoms with Crippen LogP contribution in [0, 0.1) is 6.92 Å². The SMILES string of the molecule is Cc1ccc(-c2cn3cc(O)ccc3n2)s1. The van der Waals surface area contributed by atoms with Crippen molar-refractivity contribution in [2.75, 3.05) is 0 Å². The van der Waals surface area contributed by atoms with Crippen LogP contribution in [-0.2, 0) is 0 Å². The highest BCUT2D eigenvalue weighted by Crippen LogP contribution is 2.27. The van der Waals surface area contributed by atoms with E-state index >= 15 is 0 Å². The largest absolute Gasteiger partial charge is 0.506 e. The Bertz CT molecular complexity index is 654. The molecule has 3 aromatic heterocycles. The fourth-order valence-corrected chi connectivity index (χ4v) is 2.49. The molecule has 16 heavy (non-hydrogen) atoms. The van der Waals surface area contributed by atoms with Gasteiger partial charge in [-0.25, -0.2) is 4.98 Å². The van der Waals surface area contributed by atoms with Gasteiger partial charge in [0.1, 0.15) is 11.4 Å². The monoisotopic (exact) mass is 230 g/mol. The fraction of sp³-hybridized carbons (Fsp3) is 0.0833. The smallest absolute Gasteiger partial charge is 0.137 e. The molecule has 3 rings (SSSR count). The Balaban J connectivity index is 2.18. The van der Waals surface area contributed by atoms with Crippen LogP contribution >= 0.6 is 11.3 Å². The van der Waals surface area contributed by atoms with Crippen LogP contribution in [-0.4, -0.2) is 14.5 Å². The second kappa shape index (κ2) is 3.35. The third-order valence-corrected chi connectivity index (χ3v) is 3.45. The summed E-state index contributed by atoms with van der Waals surface area (Å²) in [5, 5.41) is 9.37. The summed E-state index contributed by atoms with van der Waals surface area (Å²) in [7, 11) is 0. The van der Waals surface area contributed by atoms with Crippen LogP contribution in [0.3, 0.4) is 0 Å².